The Kier molecular flexibility index (Phi) is 10.5. The molecule has 0 atom stereocenters. The minimum Gasteiger partial charge on any atom is -0.398 e. The number of benzene rings is 7. The predicted octanol–water partition coefficient (Wildman–Crippen LogP) is 13.3. The Balaban J connectivity index is 1.07. The van der Waals surface area contributed by atoms with Crippen LogP contribution in [0.15, 0.2) is 218 Å². The molecule has 2 aliphatic rings. The highest BCUT2D eigenvalue weighted by Crippen LogP contribution is 2.39. The lowest BCUT2D eigenvalue weighted by molar-refractivity contribution is 1.05. The fraction of sp³-hybridized carbons (Fsp3) is 0.0702. The van der Waals surface area contributed by atoms with Crippen LogP contribution in [0.4, 0.5) is 22.7 Å². The summed E-state index contributed by atoms with van der Waals surface area (Å²) in [6, 6.07) is 60.0. The normalized spacial score (nSPS) is 16.6. The van der Waals surface area contributed by atoms with Crippen LogP contribution >= 0.6 is 0 Å². The molecule has 0 unspecified atom stereocenters. The first-order valence-corrected chi connectivity index (χ1v) is 21.3. The van der Waals surface area contributed by atoms with Gasteiger partial charge in [0.15, 0.2) is 0 Å². The fourth-order valence-electron chi connectivity index (χ4n) is 8.91. The van der Waals surface area contributed by atoms with Crippen LogP contribution < -0.4 is 15.5 Å². The van der Waals surface area contributed by atoms with Crippen LogP contribution in [0, 0.1) is 5.41 Å². The van der Waals surface area contributed by atoms with E-state index >= 15 is 0 Å². The van der Waals surface area contributed by atoms with Gasteiger partial charge in [-0.3, -0.25) is 0 Å². The van der Waals surface area contributed by atoms with E-state index in [9.17, 15) is 0 Å². The maximum Gasteiger partial charge on any atom is 0.0632 e. The average Bonchev–Trinajstić information content (AvgIpc) is 3.73. The Morgan fingerprint density at radius 3 is 1.89 bits per heavy atom. The van der Waals surface area contributed by atoms with Crippen molar-refractivity contribution in [2.45, 2.75) is 12.8 Å². The second-order valence-corrected chi connectivity index (χ2v) is 15.8. The minimum atomic E-state index is 0.370. The molecule has 7 aromatic carbocycles. The van der Waals surface area contributed by atoms with Gasteiger partial charge >= 0.3 is 0 Å². The average molecular weight is 802 g/mol. The lowest BCUT2D eigenvalue weighted by Crippen LogP contribution is -2.22. The summed E-state index contributed by atoms with van der Waals surface area (Å²) in [6.45, 7) is 1.32. The molecule has 3 N–H and O–H groups in total. The summed E-state index contributed by atoms with van der Waals surface area (Å²) in [7, 11) is 0. The summed E-state index contributed by atoms with van der Waals surface area (Å²) in [5.74, 6) is 0. The molecule has 0 bridgehead atoms. The third-order valence-electron chi connectivity index (χ3n) is 12.0. The maximum atomic E-state index is 8.96. The van der Waals surface area contributed by atoms with Gasteiger partial charge in [0, 0.05) is 63.6 Å². The Hall–Kier alpha value is -7.89. The van der Waals surface area contributed by atoms with Crippen molar-refractivity contribution in [3.05, 3.63) is 246 Å². The molecule has 0 spiro atoms. The Morgan fingerprint density at radius 2 is 1.13 bits per heavy atom. The summed E-state index contributed by atoms with van der Waals surface area (Å²) < 4.78 is 2.37. The number of anilines is 4. The third-order valence-corrected chi connectivity index (χ3v) is 12.0. The van der Waals surface area contributed by atoms with E-state index in [4.69, 9.17) is 11.1 Å². The summed E-state index contributed by atoms with van der Waals surface area (Å²) in [5.41, 5.74) is 22.4. The number of para-hydroxylation sites is 4. The molecule has 1 aromatic heterocycles. The Bertz CT molecular complexity index is 3110. The highest BCUT2D eigenvalue weighted by atomic mass is 15.2. The summed E-state index contributed by atoms with van der Waals surface area (Å²) in [5, 5.41) is 11.4. The fourth-order valence-corrected chi connectivity index (χ4v) is 8.91. The zero-order valence-electron chi connectivity index (χ0n) is 34.5. The molecule has 5 nitrogen and oxygen atoms in total. The number of fused-ring (bicyclic) bond motifs is 5. The van der Waals surface area contributed by atoms with E-state index < -0.39 is 0 Å². The van der Waals surface area contributed by atoms with Crippen molar-refractivity contribution in [2.75, 3.05) is 22.9 Å². The minimum absolute atomic E-state index is 0.370. The van der Waals surface area contributed by atoms with E-state index in [-0.39, 0.29) is 0 Å². The van der Waals surface area contributed by atoms with E-state index in [0.717, 1.165) is 52.4 Å². The lowest BCUT2D eigenvalue weighted by atomic mass is 9.99. The highest BCUT2D eigenvalue weighted by molar-refractivity contribution is 6.11. The molecule has 10 rings (SSSR count). The van der Waals surface area contributed by atoms with Crippen molar-refractivity contribution in [1.29, 1.82) is 5.41 Å². The van der Waals surface area contributed by atoms with Gasteiger partial charge in [-0.15, -0.1) is 0 Å². The standard InChI is InChI=1S/C57H47N5/c58-52(42-18-6-3-7-19-42)40-53(59)46-36-48(60-34-16-2-1-5-20-43-21-10-13-27-54(43)60)39-49(37-46)61-35-17-23-41(30-31-44-22-11-14-28-55(44)61)45-32-33-57-51(38-45)50-26-12-15-29-56(50)62(57)47-24-8-4-9-25-47/h1-19,21-30,32-33,36-40,58H,20,31,34-35,59H2/b5-1-,16-2-,23-17-,41-30+,53-40?,58-52?. The van der Waals surface area contributed by atoms with Crippen molar-refractivity contribution in [3.63, 3.8) is 0 Å². The molecule has 0 aliphatic carbocycles. The maximum absolute atomic E-state index is 8.96. The summed E-state index contributed by atoms with van der Waals surface area (Å²) in [6.07, 6.45) is 19.0. The van der Waals surface area contributed by atoms with Gasteiger partial charge < -0.3 is 25.5 Å². The zero-order valence-corrected chi connectivity index (χ0v) is 34.5. The van der Waals surface area contributed by atoms with Gasteiger partial charge in [0.05, 0.1) is 16.7 Å². The number of allylic oxidation sites excluding steroid dienone is 7. The van der Waals surface area contributed by atoms with Crippen molar-refractivity contribution in [2.24, 2.45) is 5.73 Å². The van der Waals surface area contributed by atoms with E-state index in [0.29, 0.717) is 24.5 Å². The van der Waals surface area contributed by atoms with Crippen LogP contribution in [0.3, 0.4) is 0 Å². The van der Waals surface area contributed by atoms with Crippen molar-refractivity contribution in [1.82, 2.24) is 4.57 Å². The molecule has 0 saturated heterocycles. The van der Waals surface area contributed by atoms with E-state index in [2.05, 4.69) is 196 Å². The molecule has 3 heterocycles. The van der Waals surface area contributed by atoms with Crippen molar-refractivity contribution < 1.29 is 0 Å². The molecular formula is C57H47N5. The van der Waals surface area contributed by atoms with Crippen LogP contribution in [-0.4, -0.2) is 23.4 Å². The number of hydrogen-bond acceptors (Lipinski definition) is 4. The first-order valence-electron chi connectivity index (χ1n) is 21.3. The number of hydrogen-bond donors (Lipinski definition) is 2. The zero-order chi connectivity index (χ0) is 41.8. The first kappa shape index (κ1) is 38.3. The van der Waals surface area contributed by atoms with E-state index in [1.807, 2.05) is 30.3 Å². The molecule has 0 fully saturated rings. The molecule has 5 heteroatoms. The molecule has 300 valence electrons. The van der Waals surface area contributed by atoms with E-state index in [1.54, 1.807) is 6.08 Å². The van der Waals surface area contributed by atoms with Crippen LogP contribution in [0.2, 0.25) is 0 Å². The molecule has 0 saturated carbocycles. The van der Waals surface area contributed by atoms with Crippen LogP contribution in [0.1, 0.15) is 27.8 Å². The molecular weight excluding hydrogens is 755 g/mol. The first-order chi connectivity index (χ1) is 30.6. The topological polar surface area (TPSA) is 61.3 Å². The molecule has 2 aliphatic heterocycles. The molecule has 0 radical (unpaired) electrons. The van der Waals surface area contributed by atoms with Gasteiger partial charge in [0.25, 0.3) is 0 Å². The Morgan fingerprint density at radius 1 is 0.516 bits per heavy atom. The summed E-state index contributed by atoms with van der Waals surface area (Å²) in [4.78, 5) is 4.78. The van der Waals surface area contributed by atoms with Gasteiger partial charge in [-0.2, -0.15) is 0 Å². The second-order valence-electron chi connectivity index (χ2n) is 15.8. The second kappa shape index (κ2) is 17.0. The lowest BCUT2D eigenvalue weighted by Gasteiger charge is -2.30. The smallest absolute Gasteiger partial charge is 0.0632 e. The van der Waals surface area contributed by atoms with Crippen molar-refractivity contribution >= 4 is 61.5 Å². The quantitative estimate of drug-likeness (QED) is 0.158. The van der Waals surface area contributed by atoms with Gasteiger partial charge in [-0.1, -0.05) is 152 Å². The third kappa shape index (κ3) is 7.57. The van der Waals surface area contributed by atoms with Gasteiger partial charge in [0.2, 0.25) is 0 Å². The molecule has 62 heavy (non-hydrogen) atoms. The van der Waals surface area contributed by atoms with Crippen molar-refractivity contribution in [3.8, 4) is 5.69 Å². The number of nitrogens with one attached hydrogen (secondary N) is 1. The highest BCUT2D eigenvalue weighted by Gasteiger charge is 2.21. The van der Waals surface area contributed by atoms with Gasteiger partial charge in [0.1, 0.15) is 0 Å². The van der Waals surface area contributed by atoms with Crippen LogP contribution in [0.5, 0.6) is 0 Å². The molecule has 0 amide bonds. The Labute approximate surface area is 363 Å². The monoisotopic (exact) mass is 801 g/mol. The number of nitrogens with zero attached hydrogens (tertiary/aromatic N) is 3. The number of rotatable bonds is 7. The number of aromatic nitrogens is 1. The number of nitrogens with two attached hydrogens (primary N) is 1. The largest absolute Gasteiger partial charge is 0.398 e. The SMILES string of the molecule is N=C(C=C(N)c1cc(N2C/C=C\C=C/Cc3ccccc32)cc(N2C/C=C\C(c3ccc4c(c3)c3ccccc3n4-c3ccccc3)=C/Cc3ccccc32)c1)c1ccccc1. The van der Waals surface area contributed by atoms with Crippen LogP contribution in [-0.2, 0) is 12.8 Å². The summed E-state index contributed by atoms with van der Waals surface area (Å²) >= 11 is 0. The molecule has 8 aromatic rings. The van der Waals surface area contributed by atoms with Gasteiger partial charge in [-0.05, 0) is 107 Å². The predicted molar refractivity (Wildman–Crippen MR) is 262 cm³/mol. The van der Waals surface area contributed by atoms with Crippen LogP contribution in [0.25, 0.3) is 38.8 Å². The van der Waals surface area contributed by atoms with Gasteiger partial charge in [-0.25, -0.2) is 0 Å². The van der Waals surface area contributed by atoms with E-state index in [1.165, 1.54) is 44.1 Å².